The minimum atomic E-state index is -1.26. The van der Waals surface area contributed by atoms with Gasteiger partial charge in [-0.05, 0) is 6.42 Å². The Hall–Kier alpha value is -1.01. The third-order valence-corrected chi connectivity index (χ3v) is 3.13. The fourth-order valence-electron chi connectivity index (χ4n) is 1.34. The van der Waals surface area contributed by atoms with Crippen molar-refractivity contribution in [2.45, 2.75) is 33.0 Å². The maximum Gasteiger partial charge on any atom is 0.219 e. The molecule has 0 bridgehead atoms. The molecule has 0 saturated heterocycles. The zero-order chi connectivity index (χ0) is 11.5. The predicted molar refractivity (Wildman–Crippen MR) is 66.1 cm³/mol. The van der Waals surface area contributed by atoms with Crippen LogP contribution in [0.5, 0.6) is 0 Å². The molecule has 0 unspecified atom stereocenters. The Balaban J connectivity index is 2.61. The molecule has 0 aliphatic carbocycles. The monoisotopic (exact) mass is 221 g/mol. The molecule has 1 rings (SSSR count). The van der Waals surface area contributed by atoms with Crippen molar-refractivity contribution >= 4 is 14.0 Å². The lowest BCUT2D eigenvalue weighted by molar-refractivity contribution is -0.128. The van der Waals surface area contributed by atoms with Gasteiger partial charge in [0.15, 0.2) is 0 Å². The average Bonchev–Trinajstić information content (AvgIpc) is 2.14. The summed E-state index contributed by atoms with van der Waals surface area (Å²) in [4.78, 5) is 12.9. The minimum Gasteiger partial charge on any atom is -0.339 e. The summed E-state index contributed by atoms with van der Waals surface area (Å²) in [5, 5.41) is 0. The molecule has 0 aromatic rings. The second-order valence-electron chi connectivity index (χ2n) is 4.94. The van der Waals surface area contributed by atoms with Gasteiger partial charge in [-0.2, -0.15) is 0 Å². The highest BCUT2D eigenvalue weighted by molar-refractivity contribution is 6.83. The normalized spacial score (nSPS) is 16.5. The Kier molecular flexibility index (Phi) is 3.76. The topological polar surface area (TPSA) is 20.3 Å². The van der Waals surface area contributed by atoms with E-state index >= 15 is 0 Å². The Morgan fingerprint density at radius 3 is 2.53 bits per heavy atom. The molecule has 0 fully saturated rings. The molecule has 15 heavy (non-hydrogen) atoms. The lowest BCUT2D eigenvalue weighted by Gasteiger charge is -2.23. The minimum absolute atomic E-state index is 0.156. The molecule has 0 radical (unpaired) electrons. The van der Waals surface area contributed by atoms with E-state index in [1.165, 1.54) is 5.57 Å². The summed E-state index contributed by atoms with van der Waals surface area (Å²) in [5.41, 5.74) is 4.56. The number of amides is 1. The maximum atomic E-state index is 11.1. The SMILES string of the molecule is CC(=O)N1CC=C(C#C[Si](C)(C)C)CC1. The van der Waals surface area contributed by atoms with E-state index in [4.69, 9.17) is 0 Å². The van der Waals surface area contributed by atoms with E-state index in [1.54, 1.807) is 6.92 Å². The number of hydrogen-bond donors (Lipinski definition) is 0. The Bertz CT molecular complexity index is 341. The molecule has 0 spiro atoms. The van der Waals surface area contributed by atoms with Crippen LogP contribution in [0.1, 0.15) is 13.3 Å². The van der Waals surface area contributed by atoms with Crippen LogP contribution in [0.15, 0.2) is 11.6 Å². The zero-order valence-electron chi connectivity index (χ0n) is 10.1. The number of carbonyl (C=O) groups excluding carboxylic acids is 1. The van der Waals surface area contributed by atoms with Gasteiger partial charge in [0.25, 0.3) is 0 Å². The van der Waals surface area contributed by atoms with E-state index < -0.39 is 8.07 Å². The fourth-order valence-corrected chi connectivity index (χ4v) is 1.87. The average molecular weight is 221 g/mol. The number of rotatable bonds is 0. The molecule has 2 nitrogen and oxygen atoms in total. The van der Waals surface area contributed by atoms with Crippen LogP contribution in [0, 0.1) is 11.5 Å². The highest BCUT2D eigenvalue weighted by atomic mass is 28.3. The van der Waals surface area contributed by atoms with Crippen molar-refractivity contribution in [2.75, 3.05) is 13.1 Å². The van der Waals surface area contributed by atoms with Crippen molar-refractivity contribution in [1.82, 2.24) is 4.90 Å². The maximum absolute atomic E-state index is 11.1. The van der Waals surface area contributed by atoms with Crippen LogP contribution in [-0.4, -0.2) is 32.0 Å². The summed E-state index contributed by atoms with van der Waals surface area (Å²) < 4.78 is 0. The Morgan fingerprint density at radius 2 is 2.13 bits per heavy atom. The summed E-state index contributed by atoms with van der Waals surface area (Å²) in [6.07, 6.45) is 3.00. The van der Waals surface area contributed by atoms with Crippen molar-refractivity contribution in [1.29, 1.82) is 0 Å². The number of hydrogen-bond acceptors (Lipinski definition) is 1. The van der Waals surface area contributed by atoms with Crippen molar-refractivity contribution in [2.24, 2.45) is 0 Å². The van der Waals surface area contributed by atoms with Crippen LogP contribution in [0.25, 0.3) is 0 Å². The summed E-state index contributed by atoms with van der Waals surface area (Å²) in [6, 6.07) is 0. The first-order valence-electron chi connectivity index (χ1n) is 5.36. The molecule has 1 aliphatic rings. The lowest BCUT2D eigenvalue weighted by Crippen LogP contribution is -2.32. The van der Waals surface area contributed by atoms with Gasteiger partial charge in [-0.1, -0.05) is 31.6 Å². The van der Waals surface area contributed by atoms with Crippen LogP contribution in [-0.2, 0) is 4.79 Å². The van der Waals surface area contributed by atoms with Gasteiger partial charge in [-0.3, -0.25) is 4.79 Å². The van der Waals surface area contributed by atoms with E-state index in [0.717, 1.165) is 19.5 Å². The van der Waals surface area contributed by atoms with Crippen LogP contribution < -0.4 is 0 Å². The van der Waals surface area contributed by atoms with Gasteiger partial charge in [-0.25, -0.2) is 0 Å². The molecule has 82 valence electrons. The van der Waals surface area contributed by atoms with Gasteiger partial charge in [0.05, 0.1) is 0 Å². The van der Waals surface area contributed by atoms with Crippen LogP contribution in [0.3, 0.4) is 0 Å². The molecule has 0 saturated carbocycles. The van der Waals surface area contributed by atoms with Crippen molar-refractivity contribution < 1.29 is 4.79 Å². The zero-order valence-corrected chi connectivity index (χ0v) is 11.1. The fraction of sp³-hybridized carbons (Fsp3) is 0.583. The second kappa shape index (κ2) is 4.67. The van der Waals surface area contributed by atoms with Gasteiger partial charge in [0.1, 0.15) is 8.07 Å². The molecular formula is C12H19NOSi. The highest BCUT2D eigenvalue weighted by Gasteiger charge is 2.13. The molecular weight excluding hydrogens is 202 g/mol. The first-order valence-corrected chi connectivity index (χ1v) is 8.86. The summed E-state index contributed by atoms with van der Waals surface area (Å²) in [5.74, 6) is 3.41. The Morgan fingerprint density at radius 1 is 1.47 bits per heavy atom. The quantitative estimate of drug-likeness (QED) is 0.453. The van der Waals surface area contributed by atoms with E-state index in [2.05, 4.69) is 37.2 Å². The first kappa shape index (κ1) is 12.1. The van der Waals surface area contributed by atoms with E-state index in [9.17, 15) is 4.79 Å². The molecule has 0 N–H and O–H groups in total. The van der Waals surface area contributed by atoms with Crippen molar-refractivity contribution in [3.8, 4) is 11.5 Å². The highest BCUT2D eigenvalue weighted by Crippen LogP contribution is 2.10. The molecule has 1 aliphatic heterocycles. The molecule has 1 heterocycles. The van der Waals surface area contributed by atoms with Crippen LogP contribution >= 0.6 is 0 Å². The standard InChI is InChI=1S/C12H19NOSi/c1-11(14)13-8-5-12(6-9-13)7-10-15(2,3)4/h5H,6,8-9H2,1-4H3. The van der Waals surface area contributed by atoms with E-state index in [-0.39, 0.29) is 5.91 Å². The van der Waals surface area contributed by atoms with E-state index in [1.807, 2.05) is 4.90 Å². The third kappa shape index (κ3) is 4.35. The molecule has 0 aromatic carbocycles. The largest absolute Gasteiger partial charge is 0.339 e. The van der Waals surface area contributed by atoms with Gasteiger partial charge in [-0.15, -0.1) is 5.54 Å². The number of carbonyl (C=O) groups is 1. The summed E-state index contributed by atoms with van der Waals surface area (Å²) >= 11 is 0. The van der Waals surface area contributed by atoms with Gasteiger partial charge >= 0.3 is 0 Å². The predicted octanol–water partition coefficient (Wildman–Crippen LogP) is 2.05. The third-order valence-electron chi connectivity index (χ3n) is 2.25. The van der Waals surface area contributed by atoms with Crippen molar-refractivity contribution in [3.05, 3.63) is 11.6 Å². The first-order chi connectivity index (χ1) is 6.88. The molecule has 0 aromatic heterocycles. The van der Waals surface area contributed by atoms with Gasteiger partial charge in [0, 0.05) is 25.6 Å². The van der Waals surface area contributed by atoms with Crippen LogP contribution in [0.4, 0.5) is 0 Å². The van der Waals surface area contributed by atoms with Crippen molar-refractivity contribution in [3.63, 3.8) is 0 Å². The summed E-state index contributed by atoms with van der Waals surface area (Å²) in [7, 11) is -1.26. The van der Waals surface area contributed by atoms with Crippen LogP contribution in [0.2, 0.25) is 19.6 Å². The van der Waals surface area contributed by atoms with Gasteiger partial charge in [0.2, 0.25) is 5.91 Å². The molecule has 3 heteroatoms. The number of nitrogens with zero attached hydrogens (tertiary/aromatic N) is 1. The summed E-state index contributed by atoms with van der Waals surface area (Å²) in [6.45, 7) is 9.89. The van der Waals surface area contributed by atoms with Gasteiger partial charge < -0.3 is 4.90 Å². The van der Waals surface area contributed by atoms with E-state index in [0.29, 0.717) is 0 Å². The Labute approximate surface area is 93.4 Å². The second-order valence-corrected chi connectivity index (χ2v) is 9.69. The lowest BCUT2D eigenvalue weighted by atomic mass is 10.1. The molecule has 1 amide bonds. The molecule has 0 atom stereocenters. The smallest absolute Gasteiger partial charge is 0.219 e.